The van der Waals surface area contributed by atoms with Crippen LogP contribution in [0.3, 0.4) is 0 Å². The Morgan fingerprint density at radius 2 is 1.84 bits per heavy atom. The molecule has 0 unspecified atom stereocenters. The van der Waals surface area contributed by atoms with Gasteiger partial charge in [0.25, 0.3) is 0 Å². The maximum atomic E-state index is 13.2. The van der Waals surface area contributed by atoms with Crippen molar-refractivity contribution in [2.45, 2.75) is 20.0 Å². The van der Waals surface area contributed by atoms with Crippen LogP contribution in [0.5, 0.6) is 0 Å². The third-order valence-electron chi connectivity index (χ3n) is 3.06. The average molecular weight is 352 g/mol. The summed E-state index contributed by atoms with van der Waals surface area (Å²) in [6.45, 7) is 2.91. The van der Waals surface area contributed by atoms with Crippen molar-refractivity contribution < 1.29 is 27.2 Å². The molecule has 8 heteroatoms. The summed E-state index contributed by atoms with van der Waals surface area (Å²) in [5, 5.41) is 4.44. The van der Waals surface area contributed by atoms with E-state index in [1.54, 1.807) is 19.1 Å². The predicted octanol–water partition coefficient (Wildman–Crippen LogP) is 4.22. The Morgan fingerprint density at radius 3 is 2.40 bits per heavy atom. The number of nitrogens with one attached hydrogen (secondary N) is 2. The van der Waals surface area contributed by atoms with Crippen LogP contribution in [0.4, 0.5) is 24.5 Å². The topological polar surface area (TPSA) is 71.3 Å². The summed E-state index contributed by atoms with van der Waals surface area (Å²) < 4.78 is 44.7. The van der Waals surface area contributed by atoms with Crippen molar-refractivity contribution in [2.24, 2.45) is 0 Å². The smallest absolute Gasteiger partial charge is 0.418 e. The Bertz CT molecular complexity index is 823. The van der Waals surface area contributed by atoms with Crippen molar-refractivity contribution in [3.05, 3.63) is 53.5 Å². The van der Waals surface area contributed by atoms with Gasteiger partial charge in [0, 0.05) is 18.7 Å². The lowest BCUT2D eigenvalue weighted by Gasteiger charge is -2.15. The number of carbonyl (C=O) groups excluding carboxylic acids is 2. The number of anilines is 2. The molecule has 2 aromatic rings. The first-order chi connectivity index (χ1) is 11.6. The molecule has 0 aliphatic carbocycles. The first-order valence-electron chi connectivity index (χ1n) is 7.19. The van der Waals surface area contributed by atoms with Gasteiger partial charge in [-0.1, -0.05) is 0 Å². The highest BCUT2D eigenvalue weighted by Gasteiger charge is 2.34. The predicted molar refractivity (Wildman–Crippen MR) is 86.9 cm³/mol. The van der Waals surface area contributed by atoms with E-state index < -0.39 is 29.2 Å². The Balaban J connectivity index is 2.21. The van der Waals surface area contributed by atoms with Crippen molar-refractivity contribution >= 4 is 29.3 Å². The molecule has 0 fully saturated rings. The van der Waals surface area contributed by atoms with Gasteiger partial charge in [-0.2, -0.15) is 13.2 Å². The fraction of sp³-hybridized carbons (Fsp3) is 0.176. The molecule has 0 aliphatic rings. The van der Waals surface area contributed by atoms with Crippen LogP contribution in [-0.2, 0) is 15.8 Å². The molecule has 25 heavy (non-hydrogen) atoms. The number of rotatable bonds is 4. The van der Waals surface area contributed by atoms with Crippen LogP contribution in [0.25, 0.3) is 6.08 Å². The van der Waals surface area contributed by atoms with Crippen molar-refractivity contribution in [1.82, 2.24) is 0 Å². The summed E-state index contributed by atoms with van der Waals surface area (Å²) in [5.41, 5.74) is -1.49. The summed E-state index contributed by atoms with van der Waals surface area (Å²) in [4.78, 5) is 22.8. The van der Waals surface area contributed by atoms with Crippen molar-refractivity contribution in [2.75, 3.05) is 10.6 Å². The van der Waals surface area contributed by atoms with Crippen molar-refractivity contribution in [3.63, 3.8) is 0 Å². The van der Waals surface area contributed by atoms with Gasteiger partial charge >= 0.3 is 6.18 Å². The molecule has 0 spiro atoms. The maximum Gasteiger partial charge on any atom is 0.418 e. The Hall–Kier alpha value is -3.03. The van der Waals surface area contributed by atoms with Gasteiger partial charge in [-0.05, 0) is 43.3 Å². The summed E-state index contributed by atoms with van der Waals surface area (Å²) in [6.07, 6.45) is -2.28. The largest absolute Gasteiger partial charge is 0.462 e. The Kier molecular flexibility index (Phi) is 5.31. The number of benzene rings is 1. The monoisotopic (exact) mass is 352 g/mol. The minimum Gasteiger partial charge on any atom is -0.462 e. The highest BCUT2D eigenvalue weighted by molar-refractivity contribution is 6.02. The Labute approximate surface area is 141 Å². The number of hydrogen-bond donors (Lipinski definition) is 2. The fourth-order valence-electron chi connectivity index (χ4n) is 2.04. The van der Waals surface area contributed by atoms with Crippen LogP contribution < -0.4 is 10.6 Å². The molecule has 0 atom stereocenters. The third-order valence-corrected chi connectivity index (χ3v) is 3.06. The standard InChI is InChI=1S/C17H15F3N2O3/c1-10-3-5-13(25-10)6-8-16(24)22-15-7-4-12(21-11(2)23)9-14(15)17(18,19)20/h3-9H,1-2H3,(H,21,23)(H,22,24)/b8-6+. The molecule has 2 rings (SSSR count). The van der Waals surface area contributed by atoms with Crippen LogP contribution in [0.15, 0.2) is 40.8 Å². The van der Waals surface area contributed by atoms with Crippen molar-refractivity contribution in [3.8, 4) is 0 Å². The van der Waals surface area contributed by atoms with Gasteiger partial charge in [-0.25, -0.2) is 0 Å². The van der Waals surface area contributed by atoms with E-state index in [4.69, 9.17) is 4.42 Å². The number of amides is 2. The van der Waals surface area contributed by atoms with Gasteiger partial charge in [0.15, 0.2) is 0 Å². The molecule has 0 saturated heterocycles. The van der Waals surface area contributed by atoms with E-state index in [-0.39, 0.29) is 5.69 Å². The van der Waals surface area contributed by atoms with E-state index in [2.05, 4.69) is 10.6 Å². The molecule has 1 aromatic carbocycles. The quantitative estimate of drug-likeness (QED) is 0.810. The summed E-state index contributed by atoms with van der Waals surface area (Å²) in [6, 6.07) is 6.43. The molecular formula is C17H15F3N2O3. The summed E-state index contributed by atoms with van der Waals surface area (Å²) in [7, 11) is 0. The van der Waals surface area contributed by atoms with Gasteiger partial charge in [-0.3, -0.25) is 9.59 Å². The van der Waals surface area contributed by atoms with E-state index in [0.717, 1.165) is 18.2 Å². The van der Waals surface area contributed by atoms with Crippen LogP contribution in [0.2, 0.25) is 0 Å². The van der Waals surface area contributed by atoms with Crippen molar-refractivity contribution in [1.29, 1.82) is 0 Å². The number of alkyl halides is 3. The first-order valence-corrected chi connectivity index (χ1v) is 7.19. The molecule has 132 valence electrons. The normalized spacial score (nSPS) is 11.6. The zero-order valence-corrected chi connectivity index (χ0v) is 13.4. The lowest BCUT2D eigenvalue weighted by atomic mass is 10.1. The van der Waals surface area contributed by atoms with Crippen LogP contribution in [0, 0.1) is 6.92 Å². The second-order valence-corrected chi connectivity index (χ2v) is 5.21. The number of halogens is 3. The average Bonchev–Trinajstić information content (AvgIpc) is 2.91. The zero-order valence-electron chi connectivity index (χ0n) is 13.4. The van der Waals surface area contributed by atoms with Crippen LogP contribution in [-0.4, -0.2) is 11.8 Å². The Morgan fingerprint density at radius 1 is 1.12 bits per heavy atom. The van der Waals surface area contributed by atoms with Crippen LogP contribution >= 0.6 is 0 Å². The van der Waals surface area contributed by atoms with E-state index in [1.165, 1.54) is 19.1 Å². The maximum absolute atomic E-state index is 13.2. The minimum atomic E-state index is -4.70. The molecule has 1 heterocycles. The van der Waals surface area contributed by atoms with Gasteiger partial charge < -0.3 is 15.1 Å². The minimum absolute atomic E-state index is 0.0144. The first kappa shape index (κ1) is 18.3. The summed E-state index contributed by atoms with van der Waals surface area (Å²) in [5.74, 6) is -0.189. The van der Waals surface area contributed by atoms with E-state index in [0.29, 0.717) is 11.5 Å². The number of furan rings is 1. The number of aryl methyl sites for hydroxylation is 1. The van der Waals surface area contributed by atoms with Gasteiger partial charge in [0.05, 0.1) is 11.3 Å². The second kappa shape index (κ2) is 7.25. The SMILES string of the molecule is CC(=O)Nc1ccc(NC(=O)/C=C/c2ccc(C)o2)c(C(F)(F)F)c1. The molecule has 1 aromatic heterocycles. The number of hydrogen-bond acceptors (Lipinski definition) is 3. The zero-order chi connectivity index (χ0) is 18.6. The second-order valence-electron chi connectivity index (χ2n) is 5.21. The molecule has 2 N–H and O–H groups in total. The highest BCUT2D eigenvalue weighted by Crippen LogP contribution is 2.36. The van der Waals surface area contributed by atoms with Gasteiger partial charge in [0.2, 0.25) is 11.8 Å². The van der Waals surface area contributed by atoms with Gasteiger partial charge in [0.1, 0.15) is 11.5 Å². The van der Waals surface area contributed by atoms with E-state index in [1.807, 2.05) is 0 Å². The molecular weight excluding hydrogens is 337 g/mol. The van der Waals surface area contributed by atoms with E-state index >= 15 is 0 Å². The third kappa shape index (κ3) is 5.23. The molecule has 0 radical (unpaired) electrons. The summed E-state index contributed by atoms with van der Waals surface area (Å²) >= 11 is 0. The van der Waals surface area contributed by atoms with E-state index in [9.17, 15) is 22.8 Å². The molecule has 5 nitrogen and oxygen atoms in total. The molecule has 0 aliphatic heterocycles. The fourth-order valence-corrected chi connectivity index (χ4v) is 2.04. The molecule has 0 saturated carbocycles. The van der Waals surface area contributed by atoms with Gasteiger partial charge in [-0.15, -0.1) is 0 Å². The lowest BCUT2D eigenvalue weighted by molar-refractivity contribution is -0.137. The number of carbonyl (C=O) groups is 2. The molecule has 0 bridgehead atoms. The van der Waals surface area contributed by atoms with Crippen LogP contribution in [0.1, 0.15) is 24.0 Å². The lowest BCUT2D eigenvalue weighted by Crippen LogP contribution is -2.16. The highest BCUT2D eigenvalue weighted by atomic mass is 19.4. The molecule has 2 amide bonds.